The summed E-state index contributed by atoms with van der Waals surface area (Å²) in [4.78, 5) is 27.5. The van der Waals surface area contributed by atoms with Gasteiger partial charge >= 0.3 is 5.97 Å². The van der Waals surface area contributed by atoms with Crippen LogP contribution in [-0.2, 0) is 9.53 Å². The second kappa shape index (κ2) is 5.17. The van der Waals surface area contributed by atoms with Gasteiger partial charge in [0.15, 0.2) is 6.10 Å². The summed E-state index contributed by atoms with van der Waals surface area (Å²) in [5.41, 5.74) is 0.766. The number of rotatable bonds is 2. The van der Waals surface area contributed by atoms with Gasteiger partial charge in [-0.25, -0.2) is 9.18 Å². The maximum Gasteiger partial charge on any atom is 0.334 e. The molecule has 1 aromatic heterocycles. The fourth-order valence-corrected chi connectivity index (χ4v) is 2.39. The van der Waals surface area contributed by atoms with Crippen molar-refractivity contribution < 1.29 is 23.8 Å². The number of aromatic amines is 1. The number of hydrogen-bond acceptors (Lipinski definition) is 3. The molecule has 0 saturated carbocycles. The number of carboxylic acids is 1. The van der Waals surface area contributed by atoms with Crippen molar-refractivity contribution in [3.05, 3.63) is 35.8 Å². The van der Waals surface area contributed by atoms with Gasteiger partial charge in [-0.1, -0.05) is 6.07 Å². The fraction of sp³-hybridized carbons (Fsp3) is 0.286. The molecule has 3 rings (SSSR count). The molecule has 1 aliphatic rings. The van der Waals surface area contributed by atoms with Crippen LogP contribution in [0.15, 0.2) is 24.3 Å². The molecule has 1 fully saturated rings. The van der Waals surface area contributed by atoms with E-state index in [4.69, 9.17) is 9.84 Å². The third-order valence-corrected chi connectivity index (χ3v) is 3.47. The first-order chi connectivity index (χ1) is 10.1. The predicted octanol–water partition coefficient (Wildman–Crippen LogP) is 1.23. The lowest BCUT2D eigenvalue weighted by atomic mass is 10.2. The van der Waals surface area contributed by atoms with Gasteiger partial charge in [-0.2, -0.15) is 0 Å². The lowest BCUT2D eigenvalue weighted by Crippen LogP contribution is -2.48. The van der Waals surface area contributed by atoms with Crippen LogP contribution in [0, 0.1) is 5.82 Å². The number of halogens is 1. The van der Waals surface area contributed by atoms with E-state index in [2.05, 4.69) is 4.98 Å². The van der Waals surface area contributed by atoms with Crippen molar-refractivity contribution in [1.82, 2.24) is 9.88 Å². The van der Waals surface area contributed by atoms with Crippen molar-refractivity contribution in [3.8, 4) is 0 Å². The summed E-state index contributed by atoms with van der Waals surface area (Å²) >= 11 is 0. The number of amides is 1. The Labute approximate surface area is 119 Å². The molecule has 1 amide bonds. The molecule has 1 atom stereocenters. The topological polar surface area (TPSA) is 82.6 Å². The second-order valence-corrected chi connectivity index (χ2v) is 4.83. The van der Waals surface area contributed by atoms with Crippen LogP contribution < -0.4 is 0 Å². The van der Waals surface area contributed by atoms with Crippen LogP contribution in [0.4, 0.5) is 4.39 Å². The molecule has 2 aromatic rings. The molecule has 1 aromatic carbocycles. The number of carbonyl (C=O) groups is 2. The highest BCUT2D eigenvalue weighted by molar-refractivity contribution is 5.98. The van der Waals surface area contributed by atoms with Gasteiger partial charge in [0.1, 0.15) is 11.5 Å². The monoisotopic (exact) mass is 292 g/mol. The Balaban J connectivity index is 1.86. The first-order valence-electron chi connectivity index (χ1n) is 6.47. The first-order valence-corrected chi connectivity index (χ1v) is 6.47. The summed E-state index contributed by atoms with van der Waals surface area (Å²) in [6.45, 7) is 0.448. The quantitative estimate of drug-likeness (QED) is 0.872. The highest BCUT2D eigenvalue weighted by Gasteiger charge is 2.30. The molecule has 0 unspecified atom stereocenters. The van der Waals surface area contributed by atoms with Crippen LogP contribution >= 0.6 is 0 Å². The van der Waals surface area contributed by atoms with E-state index in [0.29, 0.717) is 17.4 Å². The van der Waals surface area contributed by atoms with E-state index in [0.717, 1.165) is 0 Å². The highest BCUT2D eigenvalue weighted by atomic mass is 19.1. The van der Waals surface area contributed by atoms with Crippen molar-refractivity contribution in [3.63, 3.8) is 0 Å². The standard InChI is InChI=1S/C14H13FN2O4/c15-9-2-1-3-10-8(9)6-11(16-10)13(18)17-4-5-21-12(7-17)14(19)20/h1-3,6,12,16H,4-5,7H2,(H,19,20)/t12-/m0/s1. The number of H-pyrrole nitrogens is 1. The zero-order valence-electron chi connectivity index (χ0n) is 11.0. The molecule has 0 aliphatic carbocycles. The number of fused-ring (bicyclic) bond motifs is 1. The molecular formula is C14H13FN2O4. The zero-order valence-corrected chi connectivity index (χ0v) is 11.0. The third kappa shape index (κ3) is 2.47. The Morgan fingerprint density at radius 3 is 2.95 bits per heavy atom. The number of nitrogens with one attached hydrogen (secondary N) is 1. The number of benzene rings is 1. The average molecular weight is 292 g/mol. The Morgan fingerprint density at radius 2 is 2.24 bits per heavy atom. The number of morpholine rings is 1. The lowest BCUT2D eigenvalue weighted by Gasteiger charge is -2.30. The third-order valence-electron chi connectivity index (χ3n) is 3.47. The summed E-state index contributed by atoms with van der Waals surface area (Å²) in [5.74, 6) is -1.87. The van der Waals surface area contributed by atoms with Gasteiger partial charge in [-0.05, 0) is 18.2 Å². The molecule has 0 spiro atoms. The number of ether oxygens (including phenoxy) is 1. The average Bonchev–Trinajstić information content (AvgIpc) is 2.92. The van der Waals surface area contributed by atoms with Gasteiger partial charge in [0.25, 0.3) is 5.91 Å². The molecule has 0 radical (unpaired) electrons. The Morgan fingerprint density at radius 1 is 1.43 bits per heavy atom. The number of aromatic nitrogens is 1. The summed E-state index contributed by atoms with van der Waals surface area (Å²) in [5, 5.41) is 9.28. The fourth-order valence-electron chi connectivity index (χ4n) is 2.39. The predicted molar refractivity (Wildman–Crippen MR) is 71.5 cm³/mol. The Kier molecular flexibility index (Phi) is 3.34. The molecule has 21 heavy (non-hydrogen) atoms. The van der Waals surface area contributed by atoms with E-state index in [1.54, 1.807) is 12.1 Å². The van der Waals surface area contributed by atoms with Gasteiger partial charge in [-0.3, -0.25) is 4.79 Å². The molecule has 2 heterocycles. The SMILES string of the molecule is O=C(O)[C@@H]1CN(C(=O)c2cc3c(F)cccc3[nH]2)CCO1. The Hall–Kier alpha value is -2.41. The van der Waals surface area contributed by atoms with Crippen LogP contribution in [-0.4, -0.2) is 52.7 Å². The van der Waals surface area contributed by atoms with Gasteiger partial charge < -0.3 is 19.7 Å². The van der Waals surface area contributed by atoms with E-state index in [-0.39, 0.29) is 24.8 Å². The van der Waals surface area contributed by atoms with Crippen LogP contribution in [0.2, 0.25) is 0 Å². The number of hydrogen-bond donors (Lipinski definition) is 2. The van der Waals surface area contributed by atoms with E-state index in [9.17, 15) is 14.0 Å². The number of carboxylic acid groups (broad SMARTS) is 1. The van der Waals surface area contributed by atoms with Crippen molar-refractivity contribution >= 4 is 22.8 Å². The van der Waals surface area contributed by atoms with Crippen molar-refractivity contribution in [2.45, 2.75) is 6.10 Å². The van der Waals surface area contributed by atoms with E-state index < -0.39 is 17.9 Å². The van der Waals surface area contributed by atoms with Crippen molar-refractivity contribution in [2.24, 2.45) is 0 Å². The maximum absolute atomic E-state index is 13.6. The van der Waals surface area contributed by atoms with E-state index >= 15 is 0 Å². The van der Waals surface area contributed by atoms with E-state index in [1.165, 1.54) is 17.0 Å². The molecule has 0 bridgehead atoms. The normalized spacial score (nSPS) is 18.9. The van der Waals surface area contributed by atoms with Gasteiger partial charge in [0, 0.05) is 17.4 Å². The molecule has 1 aliphatic heterocycles. The molecule has 110 valence electrons. The number of carbonyl (C=O) groups excluding carboxylic acids is 1. The Bertz CT molecular complexity index is 712. The molecule has 2 N–H and O–H groups in total. The number of nitrogens with zero attached hydrogens (tertiary/aromatic N) is 1. The minimum absolute atomic E-state index is 0.0218. The van der Waals surface area contributed by atoms with Gasteiger partial charge in [0.05, 0.1) is 13.2 Å². The van der Waals surface area contributed by atoms with Crippen molar-refractivity contribution in [2.75, 3.05) is 19.7 Å². The van der Waals surface area contributed by atoms with Gasteiger partial charge in [-0.15, -0.1) is 0 Å². The molecule has 1 saturated heterocycles. The summed E-state index contributed by atoms with van der Waals surface area (Å²) in [6.07, 6.45) is -1.02. The molecule has 7 heteroatoms. The van der Waals surface area contributed by atoms with Crippen LogP contribution in [0.5, 0.6) is 0 Å². The highest BCUT2D eigenvalue weighted by Crippen LogP contribution is 2.20. The molecule has 6 nitrogen and oxygen atoms in total. The van der Waals surface area contributed by atoms with E-state index in [1.807, 2.05) is 0 Å². The number of aliphatic carboxylic acids is 1. The first kappa shape index (κ1) is 13.6. The van der Waals surface area contributed by atoms with Crippen LogP contribution in [0.1, 0.15) is 10.5 Å². The summed E-state index contributed by atoms with van der Waals surface area (Å²) in [6, 6.07) is 5.99. The zero-order chi connectivity index (χ0) is 15.0. The summed E-state index contributed by atoms with van der Waals surface area (Å²) < 4.78 is 18.7. The minimum atomic E-state index is -1.10. The molecular weight excluding hydrogens is 279 g/mol. The second-order valence-electron chi connectivity index (χ2n) is 4.83. The van der Waals surface area contributed by atoms with Crippen molar-refractivity contribution in [1.29, 1.82) is 0 Å². The summed E-state index contributed by atoms with van der Waals surface area (Å²) in [7, 11) is 0. The van der Waals surface area contributed by atoms with Crippen LogP contribution in [0.25, 0.3) is 10.9 Å². The van der Waals surface area contributed by atoms with Gasteiger partial charge in [0.2, 0.25) is 0 Å². The maximum atomic E-state index is 13.6. The minimum Gasteiger partial charge on any atom is -0.479 e. The lowest BCUT2D eigenvalue weighted by molar-refractivity contribution is -0.154. The van der Waals surface area contributed by atoms with Crippen LogP contribution in [0.3, 0.4) is 0 Å². The largest absolute Gasteiger partial charge is 0.479 e. The smallest absolute Gasteiger partial charge is 0.334 e.